The van der Waals surface area contributed by atoms with Crippen molar-refractivity contribution in [3.05, 3.63) is 30.3 Å². The molecule has 1 aromatic carbocycles. The lowest BCUT2D eigenvalue weighted by atomic mass is 10.3. The molecule has 0 unspecified atom stereocenters. The first-order chi connectivity index (χ1) is 6.83. The third-order valence-corrected chi connectivity index (χ3v) is 1.84. The minimum absolute atomic E-state index is 0.0571. The van der Waals surface area contributed by atoms with E-state index in [-0.39, 0.29) is 5.91 Å². The molecule has 0 bridgehead atoms. The Balaban J connectivity index is 2.13. The minimum atomic E-state index is 0.0571. The van der Waals surface area contributed by atoms with Crippen molar-refractivity contribution in [2.75, 3.05) is 13.7 Å². The Morgan fingerprint density at radius 3 is 2.71 bits per heavy atom. The third-order valence-electron chi connectivity index (χ3n) is 1.84. The van der Waals surface area contributed by atoms with Gasteiger partial charge in [0, 0.05) is 13.5 Å². The molecule has 0 aromatic heterocycles. The van der Waals surface area contributed by atoms with Crippen LogP contribution < -0.4 is 10.1 Å². The molecule has 0 radical (unpaired) electrons. The predicted octanol–water partition coefficient (Wildman–Crippen LogP) is 1.59. The number of carbonyl (C=O) groups excluding carboxylic acids is 1. The number of nitrogens with one attached hydrogen (secondary N) is 1. The smallest absolute Gasteiger partial charge is 0.219 e. The summed E-state index contributed by atoms with van der Waals surface area (Å²) in [7, 11) is 1.64. The molecule has 76 valence electrons. The second-order valence-corrected chi connectivity index (χ2v) is 2.94. The second-order valence-electron chi connectivity index (χ2n) is 2.94. The number of para-hydroxylation sites is 1. The highest BCUT2D eigenvalue weighted by Gasteiger charge is 1.97. The topological polar surface area (TPSA) is 38.3 Å². The van der Waals surface area contributed by atoms with Gasteiger partial charge in [-0.3, -0.25) is 4.79 Å². The molecule has 0 saturated heterocycles. The summed E-state index contributed by atoms with van der Waals surface area (Å²) < 4.78 is 5.42. The Kier molecular flexibility index (Phi) is 4.55. The zero-order valence-corrected chi connectivity index (χ0v) is 8.32. The number of hydrogen-bond acceptors (Lipinski definition) is 2. The second kappa shape index (κ2) is 6.02. The van der Waals surface area contributed by atoms with Crippen LogP contribution >= 0.6 is 0 Å². The maximum atomic E-state index is 10.9. The first kappa shape index (κ1) is 10.6. The van der Waals surface area contributed by atoms with Gasteiger partial charge < -0.3 is 10.1 Å². The average Bonchev–Trinajstić information content (AvgIpc) is 2.25. The van der Waals surface area contributed by atoms with Crippen LogP contribution in [0.3, 0.4) is 0 Å². The van der Waals surface area contributed by atoms with Crippen molar-refractivity contribution in [3.63, 3.8) is 0 Å². The molecule has 0 aliphatic heterocycles. The molecule has 0 aliphatic rings. The molecule has 0 heterocycles. The lowest BCUT2D eigenvalue weighted by Crippen LogP contribution is -2.18. The lowest BCUT2D eigenvalue weighted by molar-refractivity contribution is -0.120. The monoisotopic (exact) mass is 193 g/mol. The summed E-state index contributed by atoms with van der Waals surface area (Å²) in [6.07, 6.45) is 1.26. The molecule has 0 fully saturated rings. The standard InChI is InChI=1S/C11H15NO2/c1-12-11(13)8-5-9-14-10-6-3-2-4-7-10/h2-4,6-7H,5,8-9H2,1H3,(H,12,13). The van der Waals surface area contributed by atoms with Crippen molar-refractivity contribution in [3.8, 4) is 5.75 Å². The lowest BCUT2D eigenvalue weighted by Gasteiger charge is -2.04. The largest absolute Gasteiger partial charge is 0.494 e. The van der Waals surface area contributed by atoms with Crippen molar-refractivity contribution in [2.24, 2.45) is 0 Å². The van der Waals surface area contributed by atoms with Gasteiger partial charge in [0.05, 0.1) is 6.61 Å². The molecular weight excluding hydrogens is 178 g/mol. The van der Waals surface area contributed by atoms with Gasteiger partial charge in [-0.15, -0.1) is 0 Å². The number of rotatable bonds is 5. The Hall–Kier alpha value is -1.51. The molecule has 0 aliphatic carbocycles. The summed E-state index contributed by atoms with van der Waals surface area (Å²) in [4.78, 5) is 10.9. The molecule has 3 heteroatoms. The van der Waals surface area contributed by atoms with E-state index >= 15 is 0 Å². The SMILES string of the molecule is CNC(=O)CCCOc1ccccc1. The Morgan fingerprint density at radius 1 is 1.36 bits per heavy atom. The van der Waals surface area contributed by atoms with Gasteiger partial charge in [0.1, 0.15) is 5.75 Å². The molecule has 1 amide bonds. The third kappa shape index (κ3) is 3.94. The van der Waals surface area contributed by atoms with Gasteiger partial charge in [-0.2, -0.15) is 0 Å². The Morgan fingerprint density at radius 2 is 2.07 bits per heavy atom. The molecule has 1 aromatic rings. The van der Waals surface area contributed by atoms with E-state index in [1.54, 1.807) is 7.05 Å². The van der Waals surface area contributed by atoms with Crippen LogP contribution in [0.4, 0.5) is 0 Å². The number of hydrogen-bond donors (Lipinski definition) is 1. The number of amides is 1. The highest BCUT2D eigenvalue weighted by Crippen LogP contribution is 2.08. The number of benzene rings is 1. The fourth-order valence-corrected chi connectivity index (χ4v) is 1.06. The Bertz CT molecular complexity index is 272. The van der Waals surface area contributed by atoms with E-state index in [0.29, 0.717) is 13.0 Å². The Labute approximate surface area is 84.1 Å². The first-order valence-electron chi connectivity index (χ1n) is 4.71. The predicted molar refractivity (Wildman–Crippen MR) is 55.2 cm³/mol. The van der Waals surface area contributed by atoms with E-state index in [1.165, 1.54) is 0 Å². The van der Waals surface area contributed by atoms with Crippen LogP contribution in [-0.2, 0) is 4.79 Å². The van der Waals surface area contributed by atoms with E-state index in [2.05, 4.69) is 5.32 Å². The summed E-state index contributed by atoms with van der Waals surface area (Å²) in [5, 5.41) is 2.57. The average molecular weight is 193 g/mol. The van der Waals surface area contributed by atoms with Gasteiger partial charge in [0.25, 0.3) is 0 Å². The van der Waals surface area contributed by atoms with Gasteiger partial charge in [-0.1, -0.05) is 18.2 Å². The van der Waals surface area contributed by atoms with Crippen LogP contribution in [0.5, 0.6) is 5.75 Å². The molecular formula is C11H15NO2. The van der Waals surface area contributed by atoms with E-state index in [1.807, 2.05) is 30.3 Å². The van der Waals surface area contributed by atoms with Gasteiger partial charge in [-0.25, -0.2) is 0 Å². The first-order valence-corrected chi connectivity index (χ1v) is 4.71. The summed E-state index contributed by atoms with van der Waals surface area (Å²) in [5.74, 6) is 0.908. The van der Waals surface area contributed by atoms with Crippen LogP contribution in [0, 0.1) is 0 Å². The van der Waals surface area contributed by atoms with E-state index in [9.17, 15) is 4.79 Å². The van der Waals surface area contributed by atoms with Crippen molar-refractivity contribution in [1.29, 1.82) is 0 Å². The van der Waals surface area contributed by atoms with E-state index < -0.39 is 0 Å². The van der Waals surface area contributed by atoms with E-state index in [4.69, 9.17) is 4.74 Å². The van der Waals surface area contributed by atoms with Crippen molar-refractivity contribution >= 4 is 5.91 Å². The van der Waals surface area contributed by atoms with Crippen molar-refractivity contribution in [2.45, 2.75) is 12.8 Å². The van der Waals surface area contributed by atoms with Crippen molar-refractivity contribution < 1.29 is 9.53 Å². The fourth-order valence-electron chi connectivity index (χ4n) is 1.06. The van der Waals surface area contributed by atoms with Crippen LogP contribution in [0.15, 0.2) is 30.3 Å². The van der Waals surface area contributed by atoms with Gasteiger partial charge >= 0.3 is 0 Å². The summed E-state index contributed by atoms with van der Waals surface area (Å²) in [5.41, 5.74) is 0. The van der Waals surface area contributed by atoms with Gasteiger partial charge in [-0.05, 0) is 18.6 Å². The maximum Gasteiger partial charge on any atom is 0.219 e. The highest BCUT2D eigenvalue weighted by atomic mass is 16.5. The molecule has 14 heavy (non-hydrogen) atoms. The normalized spacial score (nSPS) is 9.50. The molecule has 0 spiro atoms. The molecule has 3 nitrogen and oxygen atoms in total. The minimum Gasteiger partial charge on any atom is -0.494 e. The van der Waals surface area contributed by atoms with Crippen molar-refractivity contribution in [1.82, 2.24) is 5.32 Å². The summed E-state index contributed by atoms with van der Waals surface area (Å²) in [6, 6.07) is 9.60. The molecule has 1 N–H and O–H groups in total. The molecule has 0 atom stereocenters. The van der Waals surface area contributed by atoms with Gasteiger partial charge in [0.2, 0.25) is 5.91 Å². The zero-order valence-electron chi connectivity index (χ0n) is 8.32. The van der Waals surface area contributed by atoms with Crippen LogP contribution in [-0.4, -0.2) is 19.6 Å². The summed E-state index contributed by atoms with van der Waals surface area (Å²) >= 11 is 0. The maximum absolute atomic E-state index is 10.9. The van der Waals surface area contributed by atoms with E-state index in [0.717, 1.165) is 12.2 Å². The number of ether oxygens (including phenoxy) is 1. The van der Waals surface area contributed by atoms with Crippen LogP contribution in [0.1, 0.15) is 12.8 Å². The van der Waals surface area contributed by atoms with Crippen LogP contribution in [0.2, 0.25) is 0 Å². The van der Waals surface area contributed by atoms with Crippen LogP contribution in [0.25, 0.3) is 0 Å². The highest BCUT2D eigenvalue weighted by molar-refractivity contribution is 5.75. The number of carbonyl (C=O) groups is 1. The zero-order chi connectivity index (χ0) is 10.2. The molecule has 0 saturated carbocycles. The quantitative estimate of drug-likeness (QED) is 0.721. The fraction of sp³-hybridized carbons (Fsp3) is 0.364. The molecule has 1 rings (SSSR count). The summed E-state index contributed by atoms with van der Waals surface area (Å²) in [6.45, 7) is 0.581. The van der Waals surface area contributed by atoms with Gasteiger partial charge in [0.15, 0.2) is 0 Å².